The van der Waals surface area contributed by atoms with Crippen molar-refractivity contribution in [2.45, 2.75) is 26.1 Å². The van der Waals surface area contributed by atoms with Crippen molar-refractivity contribution in [2.24, 2.45) is 0 Å². The maximum absolute atomic E-state index is 12.5. The molecule has 0 atom stereocenters. The molecular weight excluding hydrogens is 281 g/mol. The van der Waals surface area contributed by atoms with E-state index in [2.05, 4.69) is 0 Å². The van der Waals surface area contributed by atoms with Gasteiger partial charge in [-0.05, 0) is 37.6 Å². The molecule has 21 heavy (non-hydrogen) atoms. The smallest absolute Gasteiger partial charge is 0.398 e. The van der Waals surface area contributed by atoms with E-state index in [0.29, 0.717) is 11.3 Å². The Balaban J connectivity index is 2.55. The van der Waals surface area contributed by atoms with Crippen LogP contribution in [0.4, 0.5) is 18.9 Å². The highest BCUT2D eigenvalue weighted by Crippen LogP contribution is 2.30. The molecule has 0 amide bonds. The summed E-state index contributed by atoms with van der Waals surface area (Å²) in [6.45, 7) is 3.66. The lowest BCUT2D eigenvalue weighted by atomic mass is 10.0. The van der Waals surface area contributed by atoms with Gasteiger partial charge in [0.1, 0.15) is 0 Å². The van der Waals surface area contributed by atoms with Crippen molar-refractivity contribution in [3.8, 4) is 11.1 Å². The number of nitrogens with zero attached hydrogens (tertiary/aromatic N) is 1. The van der Waals surface area contributed by atoms with E-state index in [9.17, 15) is 18.0 Å². The van der Waals surface area contributed by atoms with Crippen LogP contribution in [0.2, 0.25) is 0 Å². The fourth-order valence-electron chi connectivity index (χ4n) is 2.05. The number of anilines is 1. The fraction of sp³-hybridized carbons (Fsp3) is 0.267. The highest BCUT2D eigenvalue weighted by atomic mass is 19.4. The Labute approximate surface area is 119 Å². The number of benzene rings is 1. The Bertz CT molecular complexity index is 700. The van der Waals surface area contributed by atoms with Crippen LogP contribution in [0.25, 0.3) is 11.1 Å². The molecule has 2 aromatic rings. The van der Waals surface area contributed by atoms with E-state index in [1.807, 2.05) is 13.8 Å². The second-order valence-electron chi connectivity index (χ2n) is 5.07. The Morgan fingerprint density at radius 3 is 2.19 bits per heavy atom. The summed E-state index contributed by atoms with van der Waals surface area (Å²) in [6, 6.07) is 5.86. The molecule has 0 saturated carbocycles. The third-order valence-electron chi connectivity index (χ3n) is 3.14. The SMILES string of the molecule is CC(C)n1cc(N)cc(-c2ccc(C(F)(F)F)cc2)c1=O. The average molecular weight is 296 g/mol. The number of nitrogens with two attached hydrogens (primary N) is 1. The highest BCUT2D eigenvalue weighted by molar-refractivity contribution is 5.66. The van der Waals surface area contributed by atoms with Gasteiger partial charge in [-0.1, -0.05) is 12.1 Å². The van der Waals surface area contributed by atoms with E-state index in [-0.39, 0.29) is 17.2 Å². The Hall–Kier alpha value is -2.24. The van der Waals surface area contributed by atoms with Gasteiger partial charge in [-0.3, -0.25) is 4.79 Å². The van der Waals surface area contributed by atoms with Crippen molar-refractivity contribution in [1.29, 1.82) is 0 Å². The molecule has 0 radical (unpaired) electrons. The molecule has 2 N–H and O–H groups in total. The van der Waals surface area contributed by atoms with Crippen LogP contribution in [0.15, 0.2) is 41.3 Å². The number of aromatic nitrogens is 1. The predicted octanol–water partition coefficient (Wildman–Crippen LogP) is 3.70. The molecule has 1 aromatic carbocycles. The molecule has 2 rings (SSSR count). The van der Waals surface area contributed by atoms with Gasteiger partial charge in [0.05, 0.1) is 5.56 Å². The van der Waals surface area contributed by atoms with Gasteiger partial charge in [-0.2, -0.15) is 13.2 Å². The standard InChI is InChI=1S/C15H15F3N2O/c1-9(2)20-8-12(19)7-13(14(20)21)10-3-5-11(6-4-10)15(16,17)18/h3-9H,19H2,1-2H3. The van der Waals surface area contributed by atoms with Crippen molar-refractivity contribution >= 4 is 5.69 Å². The number of hydrogen-bond acceptors (Lipinski definition) is 2. The molecule has 1 heterocycles. The van der Waals surface area contributed by atoms with Crippen molar-refractivity contribution in [2.75, 3.05) is 5.73 Å². The molecular formula is C15H15F3N2O. The molecule has 1 aromatic heterocycles. The summed E-state index contributed by atoms with van der Waals surface area (Å²) in [5.74, 6) is 0. The van der Waals surface area contributed by atoms with Crippen LogP contribution in [-0.4, -0.2) is 4.57 Å². The van der Waals surface area contributed by atoms with Crippen LogP contribution in [-0.2, 0) is 6.18 Å². The van der Waals surface area contributed by atoms with Gasteiger partial charge < -0.3 is 10.3 Å². The maximum atomic E-state index is 12.5. The number of alkyl halides is 3. The molecule has 0 aliphatic carbocycles. The molecule has 0 fully saturated rings. The largest absolute Gasteiger partial charge is 0.416 e. The van der Waals surface area contributed by atoms with Gasteiger partial charge in [0.2, 0.25) is 0 Å². The quantitative estimate of drug-likeness (QED) is 0.918. The first kappa shape index (κ1) is 15.2. The third kappa shape index (κ3) is 3.09. The van der Waals surface area contributed by atoms with Gasteiger partial charge in [-0.15, -0.1) is 0 Å². The summed E-state index contributed by atoms with van der Waals surface area (Å²) < 4.78 is 39.1. The zero-order valence-corrected chi connectivity index (χ0v) is 11.6. The topological polar surface area (TPSA) is 48.0 Å². The first-order valence-electron chi connectivity index (χ1n) is 6.39. The molecule has 0 saturated heterocycles. The number of hydrogen-bond donors (Lipinski definition) is 1. The van der Waals surface area contributed by atoms with Gasteiger partial charge >= 0.3 is 6.18 Å². The molecule has 3 nitrogen and oxygen atoms in total. The van der Waals surface area contributed by atoms with Crippen molar-refractivity contribution in [3.63, 3.8) is 0 Å². The van der Waals surface area contributed by atoms with E-state index in [4.69, 9.17) is 5.73 Å². The van der Waals surface area contributed by atoms with Crippen molar-refractivity contribution in [3.05, 3.63) is 52.4 Å². The lowest BCUT2D eigenvalue weighted by Crippen LogP contribution is -2.23. The fourth-order valence-corrected chi connectivity index (χ4v) is 2.05. The molecule has 6 heteroatoms. The summed E-state index contributed by atoms with van der Waals surface area (Å²) in [5, 5.41) is 0. The van der Waals surface area contributed by atoms with Gasteiger partial charge in [0.25, 0.3) is 5.56 Å². The van der Waals surface area contributed by atoms with Crippen LogP contribution in [0.5, 0.6) is 0 Å². The molecule has 0 spiro atoms. The van der Waals surface area contributed by atoms with Crippen molar-refractivity contribution < 1.29 is 13.2 Å². The van der Waals surface area contributed by atoms with Crippen LogP contribution in [0.1, 0.15) is 25.5 Å². The number of pyridine rings is 1. The maximum Gasteiger partial charge on any atom is 0.416 e. The summed E-state index contributed by atoms with van der Waals surface area (Å²) in [5.41, 5.74) is 5.82. The number of halogens is 3. The normalized spacial score (nSPS) is 11.9. The summed E-state index contributed by atoms with van der Waals surface area (Å²) in [6.07, 6.45) is -2.87. The molecule has 0 bridgehead atoms. The summed E-state index contributed by atoms with van der Waals surface area (Å²) >= 11 is 0. The van der Waals surface area contributed by atoms with E-state index < -0.39 is 11.7 Å². The Morgan fingerprint density at radius 2 is 1.71 bits per heavy atom. The van der Waals surface area contributed by atoms with E-state index in [0.717, 1.165) is 12.1 Å². The Morgan fingerprint density at radius 1 is 1.14 bits per heavy atom. The van der Waals surface area contributed by atoms with Crippen LogP contribution >= 0.6 is 0 Å². The van der Waals surface area contributed by atoms with E-state index >= 15 is 0 Å². The van der Waals surface area contributed by atoms with Gasteiger partial charge in [0, 0.05) is 23.5 Å². The second-order valence-corrected chi connectivity index (χ2v) is 5.07. The average Bonchev–Trinajstić information content (AvgIpc) is 2.40. The van der Waals surface area contributed by atoms with E-state index in [1.54, 1.807) is 0 Å². The molecule has 0 aliphatic rings. The zero-order chi connectivity index (χ0) is 15.8. The molecule has 0 aliphatic heterocycles. The number of nitrogen functional groups attached to an aromatic ring is 1. The molecule has 0 unspecified atom stereocenters. The van der Waals surface area contributed by atoms with Crippen LogP contribution in [0.3, 0.4) is 0 Å². The van der Waals surface area contributed by atoms with Gasteiger partial charge in [0.15, 0.2) is 0 Å². The summed E-state index contributed by atoms with van der Waals surface area (Å²) in [4.78, 5) is 12.3. The van der Waals surface area contributed by atoms with Crippen LogP contribution in [0, 0.1) is 0 Å². The minimum absolute atomic E-state index is 0.0887. The zero-order valence-electron chi connectivity index (χ0n) is 11.6. The first-order chi connectivity index (χ1) is 9.70. The second kappa shape index (κ2) is 5.27. The lowest BCUT2D eigenvalue weighted by Gasteiger charge is -2.13. The Kier molecular flexibility index (Phi) is 3.80. The van der Waals surface area contributed by atoms with Gasteiger partial charge in [-0.25, -0.2) is 0 Å². The lowest BCUT2D eigenvalue weighted by molar-refractivity contribution is -0.137. The monoisotopic (exact) mass is 296 g/mol. The third-order valence-corrected chi connectivity index (χ3v) is 3.14. The predicted molar refractivity (Wildman–Crippen MR) is 75.9 cm³/mol. The highest BCUT2D eigenvalue weighted by Gasteiger charge is 2.30. The van der Waals surface area contributed by atoms with Crippen LogP contribution < -0.4 is 11.3 Å². The minimum atomic E-state index is -4.40. The minimum Gasteiger partial charge on any atom is -0.398 e. The molecule has 112 valence electrons. The van der Waals surface area contributed by atoms with Crippen molar-refractivity contribution in [1.82, 2.24) is 4.57 Å². The van der Waals surface area contributed by atoms with E-state index in [1.165, 1.54) is 29.0 Å². The number of rotatable bonds is 2. The first-order valence-corrected chi connectivity index (χ1v) is 6.39. The summed E-state index contributed by atoms with van der Waals surface area (Å²) in [7, 11) is 0.